The number of halogens is 2. The summed E-state index contributed by atoms with van der Waals surface area (Å²) >= 11 is 5.54. The van der Waals surface area contributed by atoms with Crippen molar-refractivity contribution in [1.29, 1.82) is 0 Å². The lowest BCUT2D eigenvalue weighted by molar-refractivity contribution is 0.558. The minimum Gasteiger partial charge on any atom is -0.260 e. The Bertz CT molecular complexity index is 453. The molecular weight excluding hydrogens is 255 g/mol. The van der Waals surface area contributed by atoms with Gasteiger partial charge in [-0.1, -0.05) is 6.92 Å². The van der Waals surface area contributed by atoms with Crippen LogP contribution in [-0.4, -0.2) is 25.8 Å². The summed E-state index contributed by atoms with van der Waals surface area (Å²) in [6.45, 7) is 2.02. The average Bonchev–Trinajstić information content (AvgIpc) is 2.26. The molecule has 0 bridgehead atoms. The number of aromatic nitrogens is 1. The summed E-state index contributed by atoms with van der Waals surface area (Å²) < 4.78 is 38.4. The molecule has 0 aliphatic carbocycles. The molecule has 1 unspecified atom stereocenters. The van der Waals surface area contributed by atoms with Gasteiger partial charge in [-0.25, -0.2) is 17.5 Å². The predicted octanol–water partition coefficient (Wildman–Crippen LogP) is 1.37. The maximum atomic E-state index is 12.8. The Hall–Kier alpha value is -0.720. The number of rotatable bonds is 5. The van der Waals surface area contributed by atoms with E-state index in [9.17, 15) is 12.8 Å². The van der Waals surface area contributed by atoms with Crippen LogP contribution in [0, 0.1) is 11.7 Å². The van der Waals surface area contributed by atoms with Crippen LogP contribution in [0.2, 0.25) is 0 Å². The first-order valence-electron chi connectivity index (χ1n) is 4.62. The van der Waals surface area contributed by atoms with Crippen LogP contribution in [0.1, 0.15) is 6.92 Å². The fourth-order valence-corrected chi connectivity index (χ4v) is 2.18. The van der Waals surface area contributed by atoms with E-state index >= 15 is 0 Å². The van der Waals surface area contributed by atoms with E-state index < -0.39 is 15.8 Å². The van der Waals surface area contributed by atoms with Crippen LogP contribution in [-0.2, 0) is 10.0 Å². The van der Waals surface area contributed by atoms with Crippen molar-refractivity contribution in [2.45, 2.75) is 11.8 Å². The predicted molar refractivity (Wildman–Crippen MR) is 59.3 cm³/mol. The lowest BCUT2D eigenvalue weighted by Gasteiger charge is -2.09. The SMILES string of the molecule is CC(CCl)CNS(=O)(=O)c1cncc(F)c1. The Morgan fingerprint density at radius 3 is 2.81 bits per heavy atom. The summed E-state index contributed by atoms with van der Waals surface area (Å²) in [5, 5.41) is 0. The molecule has 1 aromatic heterocycles. The van der Waals surface area contributed by atoms with Gasteiger partial charge in [0.1, 0.15) is 10.7 Å². The minimum atomic E-state index is -3.70. The lowest BCUT2D eigenvalue weighted by atomic mass is 10.2. The highest BCUT2D eigenvalue weighted by molar-refractivity contribution is 7.89. The van der Waals surface area contributed by atoms with Crippen molar-refractivity contribution in [2.24, 2.45) is 5.92 Å². The van der Waals surface area contributed by atoms with Crippen molar-refractivity contribution in [3.8, 4) is 0 Å². The standard InChI is InChI=1S/C9H12ClFN2O2S/c1-7(3-10)4-13-16(14,15)9-2-8(11)5-12-6-9/h2,5-7,13H,3-4H2,1H3. The van der Waals surface area contributed by atoms with Gasteiger partial charge in [0.15, 0.2) is 0 Å². The Labute approximate surface area is 98.9 Å². The van der Waals surface area contributed by atoms with Gasteiger partial charge in [0.25, 0.3) is 0 Å². The van der Waals surface area contributed by atoms with Gasteiger partial charge in [0.05, 0.1) is 6.20 Å². The summed E-state index contributed by atoms with van der Waals surface area (Å²) in [6.07, 6.45) is 2.04. The fraction of sp³-hybridized carbons (Fsp3) is 0.444. The smallest absolute Gasteiger partial charge is 0.242 e. The summed E-state index contributed by atoms with van der Waals surface area (Å²) in [4.78, 5) is 3.29. The van der Waals surface area contributed by atoms with Gasteiger partial charge >= 0.3 is 0 Å². The van der Waals surface area contributed by atoms with Gasteiger partial charge in [0.2, 0.25) is 10.0 Å². The molecule has 4 nitrogen and oxygen atoms in total. The fourth-order valence-electron chi connectivity index (χ4n) is 0.929. The van der Waals surface area contributed by atoms with Gasteiger partial charge < -0.3 is 0 Å². The maximum Gasteiger partial charge on any atom is 0.242 e. The molecule has 1 heterocycles. The summed E-state index contributed by atoms with van der Waals surface area (Å²) in [7, 11) is -3.70. The number of alkyl halides is 1. The molecule has 7 heteroatoms. The molecule has 0 amide bonds. The molecule has 16 heavy (non-hydrogen) atoms. The maximum absolute atomic E-state index is 12.8. The molecule has 0 spiro atoms. The summed E-state index contributed by atoms with van der Waals surface area (Å²) in [5.74, 6) is -0.324. The zero-order valence-corrected chi connectivity index (χ0v) is 10.2. The number of pyridine rings is 1. The van der Waals surface area contributed by atoms with Crippen LogP contribution in [0.5, 0.6) is 0 Å². The van der Waals surface area contributed by atoms with Crippen molar-refractivity contribution in [1.82, 2.24) is 9.71 Å². The second-order valence-electron chi connectivity index (χ2n) is 3.45. The summed E-state index contributed by atoms with van der Waals surface area (Å²) in [6, 6.07) is 0.917. The van der Waals surface area contributed by atoms with E-state index in [0.29, 0.717) is 5.88 Å². The largest absolute Gasteiger partial charge is 0.260 e. The summed E-state index contributed by atoms with van der Waals surface area (Å²) in [5.41, 5.74) is 0. The van der Waals surface area contributed by atoms with Crippen molar-refractivity contribution in [3.05, 3.63) is 24.3 Å². The Balaban J connectivity index is 2.78. The molecular formula is C9H12ClFN2O2S. The van der Waals surface area contributed by atoms with Gasteiger partial charge in [-0.3, -0.25) is 4.98 Å². The van der Waals surface area contributed by atoms with Crippen LogP contribution in [0.3, 0.4) is 0 Å². The third-order valence-corrected chi connectivity index (χ3v) is 3.79. The molecule has 0 fully saturated rings. The highest BCUT2D eigenvalue weighted by Gasteiger charge is 2.15. The molecule has 0 radical (unpaired) electrons. The number of nitrogens with one attached hydrogen (secondary N) is 1. The lowest BCUT2D eigenvalue weighted by Crippen LogP contribution is -2.29. The Morgan fingerprint density at radius 1 is 1.56 bits per heavy atom. The zero-order valence-electron chi connectivity index (χ0n) is 8.65. The molecule has 90 valence electrons. The number of hydrogen-bond donors (Lipinski definition) is 1. The quantitative estimate of drug-likeness (QED) is 0.819. The highest BCUT2D eigenvalue weighted by Crippen LogP contribution is 2.08. The Kier molecular flexibility index (Phi) is 4.64. The third-order valence-electron chi connectivity index (χ3n) is 1.88. The molecule has 0 saturated heterocycles. The van der Waals surface area contributed by atoms with E-state index in [2.05, 4.69) is 9.71 Å². The monoisotopic (exact) mass is 266 g/mol. The third kappa shape index (κ3) is 3.70. The minimum absolute atomic E-state index is 0.0120. The number of nitrogens with zero attached hydrogens (tertiary/aromatic N) is 1. The van der Waals surface area contributed by atoms with E-state index in [1.54, 1.807) is 6.92 Å². The van der Waals surface area contributed by atoms with Crippen LogP contribution >= 0.6 is 11.6 Å². The van der Waals surface area contributed by atoms with Crippen molar-refractivity contribution in [3.63, 3.8) is 0 Å². The topological polar surface area (TPSA) is 59.1 Å². The number of sulfonamides is 1. The first-order valence-corrected chi connectivity index (χ1v) is 6.63. The van der Waals surface area contributed by atoms with Crippen LogP contribution in [0.25, 0.3) is 0 Å². The van der Waals surface area contributed by atoms with E-state index in [1.807, 2.05) is 0 Å². The second kappa shape index (κ2) is 5.56. The van der Waals surface area contributed by atoms with E-state index in [4.69, 9.17) is 11.6 Å². The Morgan fingerprint density at radius 2 is 2.25 bits per heavy atom. The van der Waals surface area contributed by atoms with Gasteiger partial charge in [-0.05, 0) is 12.0 Å². The average molecular weight is 267 g/mol. The second-order valence-corrected chi connectivity index (χ2v) is 5.53. The molecule has 0 aliphatic heterocycles. The molecule has 1 rings (SSSR count). The van der Waals surface area contributed by atoms with Crippen molar-refractivity contribution in [2.75, 3.05) is 12.4 Å². The van der Waals surface area contributed by atoms with Gasteiger partial charge in [0, 0.05) is 18.6 Å². The van der Waals surface area contributed by atoms with Crippen LogP contribution < -0.4 is 4.72 Å². The molecule has 1 aromatic rings. The number of hydrogen-bond acceptors (Lipinski definition) is 3. The van der Waals surface area contributed by atoms with E-state index in [0.717, 1.165) is 18.5 Å². The van der Waals surface area contributed by atoms with Crippen LogP contribution in [0.15, 0.2) is 23.4 Å². The zero-order chi connectivity index (χ0) is 12.2. The van der Waals surface area contributed by atoms with Crippen molar-refractivity contribution >= 4 is 21.6 Å². The molecule has 1 atom stereocenters. The first-order chi connectivity index (χ1) is 7.45. The highest BCUT2D eigenvalue weighted by atomic mass is 35.5. The molecule has 1 N–H and O–H groups in total. The van der Waals surface area contributed by atoms with E-state index in [-0.39, 0.29) is 17.4 Å². The van der Waals surface area contributed by atoms with Crippen LogP contribution in [0.4, 0.5) is 4.39 Å². The normalized spacial score (nSPS) is 13.7. The molecule has 0 saturated carbocycles. The van der Waals surface area contributed by atoms with Gasteiger partial charge in [-0.15, -0.1) is 11.6 Å². The molecule has 0 aliphatic rings. The van der Waals surface area contributed by atoms with Crippen molar-refractivity contribution < 1.29 is 12.8 Å². The van der Waals surface area contributed by atoms with E-state index in [1.165, 1.54) is 0 Å². The van der Waals surface area contributed by atoms with Gasteiger partial charge in [-0.2, -0.15) is 0 Å². The molecule has 0 aromatic carbocycles. The first kappa shape index (κ1) is 13.3.